The molecule has 0 saturated carbocycles. The van der Waals surface area contributed by atoms with Gasteiger partial charge in [0.1, 0.15) is 5.82 Å². The van der Waals surface area contributed by atoms with Crippen LogP contribution in [0.2, 0.25) is 0 Å². The van der Waals surface area contributed by atoms with Crippen molar-refractivity contribution in [1.82, 2.24) is 25.2 Å². The van der Waals surface area contributed by atoms with Crippen LogP contribution >= 0.6 is 11.3 Å². The standard InChI is InChI=1S/C18H21FN6OS/c1-12-20-14(11-27-12)10-24(15-7-5-13(19)6-8-15)17(26)9-16-21-23-25(22-16)18(2,3)4/h5-8,11H,9-10H2,1-4H3. The van der Waals surface area contributed by atoms with Crippen molar-refractivity contribution in [2.24, 2.45) is 0 Å². The van der Waals surface area contributed by atoms with Gasteiger partial charge in [-0.15, -0.1) is 21.5 Å². The van der Waals surface area contributed by atoms with E-state index in [0.717, 1.165) is 10.7 Å². The maximum Gasteiger partial charge on any atom is 0.235 e. The van der Waals surface area contributed by atoms with E-state index in [4.69, 9.17) is 0 Å². The number of thiazole rings is 1. The average molecular weight is 388 g/mol. The van der Waals surface area contributed by atoms with Crippen LogP contribution in [-0.2, 0) is 23.3 Å². The van der Waals surface area contributed by atoms with Gasteiger partial charge in [0.15, 0.2) is 5.82 Å². The minimum Gasteiger partial charge on any atom is -0.306 e. The van der Waals surface area contributed by atoms with E-state index in [1.165, 1.54) is 28.3 Å². The third-order valence-electron chi connectivity index (χ3n) is 3.79. The molecule has 1 amide bonds. The number of rotatable bonds is 5. The molecule has 0 atom stereocenters. The van der Waals surface area contributed by atoms with Crippen molar-refractivity contribution in [3.05, 3.63) is 52.0 Å². The summed E-state index contributed by atoms with van der Waals surface area (Å²) in [4.78, 5) is 20.4. The largest absolute Gasteiger partial charge is 0.306 e. The van der Waals surface area contributed by atoms with Crippen LogP contribution in [0, 0.1) is 12.7 Å². The minimum atomic E-state index is -0.356. The number of carbonyl (C=O) groups excluding carboxylic acids is 1. The molecule has 7 nitrogen and oxygen atoms in total. The summed E-state index contributed by atoms with van der Waals surface area (Å²) >= 11 is 1.52. The molecule has 0 aliphatic rings. The summed E-state index contributed by atoms with van der Waals surface area (Å²) in [6.07, 6.45) is -0.00340. The molecule has 0 aliphatic heterocycles. The fraction of sp³-hybridized carbons (Fsp3) is 0.389. The number of hydrogen-bond acceptors (Lipinski definition) is 6. The quantitative estimate of drug-likeness (QED) is 0.671. The highest BCUT2D eigenvalue weighted by molar-refractivity contribution is 7.09. The Balaban J connectivity index is 1.83. The fourth-order valence-corrected chi connectivity index (χ4v) is 3.02. The zero-order chi connectivity index (χ0) is 19.6. The lowest BCUT2D eigenvalue weighted by Gasteiger charge is -2.21. The van der Waals surface area contributed by atoms with Crippen molar-refractivity contribution in [2.75, 3.05) is 4.90 Å². The van der Waals surface area contributed by atoms with Gasteiger partial charge in [-0.3, -0.25) is 4.79 Å². The molecule has 27 heavy (non-hydrogen) atoms. The third-order valence-corrected chi connectivity index (χ3v) is 4.61. The lowest BCUT2D eigenvalue weighted by atomic mass is 10.1. The minimum absolute atomic E-state index is 0.00340. The first-order valence-corrected chi connectivity index (χ1v) is 9.36. The van der Waals surface area contributed by atoms with Gasteiger partial charge >= 0.3 is 0 Å². The Labute approximate surface area is 160 Å². The van der Waals surface area contributed by atoms with Gasteiger partial charge in [-0.05, 0) is 57.2 Å². The zero-order valence-corrected chi connectivity index (χ0v) is 16.5. The summed E-state index contributed by atoms with van der Waals surface area (Å²) in [6, 6.07) is 5.81. The van der Waals surface area contributed by atoms with Gasteiger partial charge in [0.2, 0.25) is 5.91 Å². The highest BCUT2D eigenvalue weighted by atomic mass is 32.1. The predicted octanol–water partition coefficient (Wildman–Crippen LogP) is 3.11. The SMILES string of the molecule is Cc1nc(CN(C(=O)Cc2nnn(C(C)(C)C)n2)c2ccc(F)cc2)cs1. The molecule has 0 aliphatic carbocycles. The van der Waals surface area contributed by atoms with Crippen LogP contribution in [0.25, 0.3) is 0 Å². The average Bonchev–Trinajstić information content (AvgIpc) is 3.22. The van der Waals surface area contributed by atoms with Crippen molar-refractivity contribution >= 4 is 22.9 Å². The third kappa shape index (κ3) is 4.73. The second kappa shape index (κ2) is 7.51. The van der Waals surface area contributed by atoms with Gasteiger partial charge in [-0.1, -0.05) is 0 Å². The molecule has 0 saturated heterocycles. The highest BCUT2D eigenvalue weighted by Crippen LogP contribution is 2.20. The van der Waals surface area contributed by atoms with Gasteiger partial charge in [-0.2, -0.15) is 4.80 Å². The van der Waals surface area contributed by atoms with Gasteiger partial charge in [-0.25, -0.2) is 9.37 Å². The molecule has 0 radical (unpaired) electrons. The van der Waals surface area contributed by atoms with Crippen molar-refractivity contribution in [3.8, 4) is 0 Å². The van der Waals surface area contributed by atoms with Crippen LogP contribution in [0.5, 0.6) is 0 Å². The van der Waals surface area contributed by atoms with E-state index in [-0.39, 0.29) is 23.7 Å². The summed E-state index contributed by atoms with van der Waals surface area (Å²) < 4.78 is 13.3. The van der Waals surface area contributed by atoms with E-state index in [0.29, 0.717) is 18.1 Å². The number of amides is 1. The molecule has 2 heterocycles. The Kier molecular flexibility index (Phi) is 5.31. The van der Waals surface area contributed by atoms with Gasteiger partial charge < -0.3 is 4.90 Å². The molecule has 2 aromatic heterocycles. The first-order chi connectivity index (χ1) is 12.7. The van der Waals surface area contributed by atoms with Crippen LogP contribution in [-0.4, -0.2) is 31.1 Å². The van der Waals surface area contributed by atoms with E-state index < -0.39 is 0 Å². The van der Waals surface area contributed by atoms with Crippen LogP contribution in [0.15, 0.2) is 29.6 Å². The van der Waals surface area contributed by atoms with Crippen LogP contribution < -0.4 is 4.90 Å². The number of aryl methyl sites for hydroxylation is 1. The maximum atomic E-state index is 13.3. The monoisotopic (exact) mass is 388 g/mol. The second-order valence-corrected chi connectivity index (χ2v) is 8.22. The highest BCUT2D eigenvalue weighted by Gasteiger charge is 2.22. The number of aromatic nitrogens is 5. The van der Waals surface area contributed by atoms with E-state index >= 15 is 0 Å². The Morgan fingerprint density at radius 3 is 2.52 bits per heavy atom. The Morgan fingerprint density at radius 2 is 1.96 bits per heavy atom. The lowest BCUT2D eigenvalue weighted by Crippen LogP contribution is -2.32. The molecule has 3 aromatic rings. The summed E-state index contributed by atoms with van der Waals surface area (Å²) in [5.74, 6) is -0.220. The molecule has 0 fully saturated rings. The first kappa shape index (κ1) is 19.1. The number of tetrazole rings is 1. The topological polar surface area (TPSA) is 76.8 Å². The molecular formula is C18H21FN6OS. The number of anilines is 1. The van der Waals surface area contributed by atoms with Crippen molar-refractivity contribution in [2.45, 2.75) is 46.2 Å². The van der Waals surface area contributed by atoms with Crippen LogP contribution in [0.3, 0.4) is 0 Å². The van der Waals surface area contributed by atoms with Crippen LogP contribution in [0.1, 0.15) is 37.3 Å². The molecule has 0 bridgehead atoms. The Hall–Kier alpha value is -2.68. The smallest absolute Gasteiger partial charge is 0.235 e. The summed E-state index contributed by atoms with van der Waals surface area (Å²) in [6.45, 7) is 8.07. The summed E-state index contributed by atoms with van der Waals surface area (Å²) in [7, 11) is 0. The molecule has 1 aromatic carbocycles. The van der Waals surface area contributed by atoms with Gasteiger partial charge in [0.25, 0.3) is 0 Å². The van der Waals surface area contributed by atoms with E-state index in [9.17, 15) is 9.18 Å². The Bertz CT molecular complexity index is 928. The molecule has 3 rings (SSSR count). The predicted molar refractivity (Wildman–Crippen MR) is 101 cm³/mol. The van der Waals surface area contributed by atoms with Crippen molar-refractivity contribution < 1.29 is 9.18 Å². The van der Waals surface area contributed by atoms with E-state index in [2.05, 4.69) is 20.4 Å². The molecule has 0 N–H and O–H groups in total. The Morgan fingerprint density at radius 1 is 1.26 bits per heavy atom. The molecule has 0 spiro atoms. The van der Waals surface area contributed by atoms with E-state index in [1.807, 2.05) is 33.1 Å². The second-order valence-electron chi connectivity index (χ2n) is 7.16. The van der Waals surface area contributed by atoms with Crippen LogP contribution in [0.4, 0.5) is 10.1 Å². The molecular weight excluding hydrogens is 367 g/mol. The van der Waals surface area contributed by atoms with Gasteiger partial charge in [0, 0.05) is 11.1 Å². The molecule has 0 unspecified atom stereocenters. The van der Waals surface area contributed by atoms with Crippen molar-refractivity contribution in [1.29, 1.82) is 0 Å². The molecule has 9 heteroatoms. The number of hydrogen-bond donors (Lipinski definition) is 0. The van der Waals surface area contributed by atoms with Gasteiger partial charge in [0.05, 0.1) is 29.2 Å². The molecule has 142 valence electrons. The summed E-state index contributed by atoms with van der Waals surface area (Å²) in [5, 5.41) is 15.1. The summed E-state index contributed by atoms with van der Waals surface area (Å²) in [5.41, 5.74) is 1.06. The fourth-order valence-electron chi connectivity index (χ4n) is 2.42. The number of nitrogens with zero attached hydrogens (tertiary/aromatic N) is 6. The lowest BCUT2D eigenvalue weighted by molar-refractivity contribution is -0.118. The first-order valence-electron chi connectivity index (χ1n) is 8.49. The number of benzene rings is 1. The van der Waals surface area contributed by atoms with Crippen molar-refractivity contribution in [3.63, 3.8) is 0 Å². The number of halogens is 1. The zero-order valence-electron chi connectivity index (χ0n) is 15.7. The maximum absolute atomic E-state index is 13.3. The number of carbonyl (C=O) groups is 1. The van der Waals surface area contributed by atoms with E-state index in [1.54, 1.807) is 17.0 Å². The normalized spacial score (nSPS) is 11.6.